The number of rotatable bonds is 1. The molecule has 0 aliphatic heterocycles. The Kier molecular flexibility index (Phi) is 2.37. The van der Waals surface area contributed by atoms with Gasteiger partial charge in [-0.05, 0) is 19.1 Å². The highest BCUT2D eigenvalue weighted by Crippen LogP contribution is 2.29. The van der Waals surface area contributed by atoms with E-state index in [4.69, 9.17) is 0 Å². The summed E-state index contributed by atoms with van der Waals surface area (Å²) in [5.74, 6) is 0. The highest BCUT2D eigenvalue weighted by atomic mass is 19.4. The van der Waals surface area contributed by atoms with Crippen molar-refractivity contribution in [2.45, 2.75) is 13.1 Å². The summed E-state index contributed by atoms with van der Waals surface area (Å²) in [4.78, 5) is 6.91. The molecule has 0 saturated heterocycles. The lowest BCUT2D eigenvalue weighted by Gasteiger charge is -2.05. The molecule has 4 nitrogen and oxygen atoms in total. The number of nitrogens with zero attached hydrogens (tertiary/aromatic N) is 3. The average molecular weight is 228 g/mol. The Balaban J connectivity index is 2.44. The van der Waals surface area contributed by atoms with Crippen molar-refractivity contribution in [3.63, 3.8) is 0 Å². The Morgan fingerprint density at radius 1 is 1.12 bits per heavy atom. The van der Waals surface area contributed by atoms with Gasteiger partial charge < -0.3 is 0 Å². The molecule has 0 amide bonds. The molecule has 0 aromatic carbocycles. The van der Waals surface area contributed by atoms with Crippen LogP contribution in [0.5, 0.6) is 0 Å². The summed E-state index contributed by atoms with van der Waals surface area (Å²) in [6.07, 6.45) is -3.59. The first-order valence-corrected chi connectivity index (χ1v) is 4.38. The number of H-pyrrole nitrogens is 1. The third-order valence-corrected chi connectivity index (χ3v) is 1.93. The topological polar surface area (TPSA) is 54.5 Å². The molecule has 2 heterocycles. The molecule has 2 aromatic heterocycles. The standard InChI is InChI=1S/C9H7F3N4/c1-5-2-7(16-15-5)6-3-8(9(10,11)12)14-4-13-6/h2-4H,1H3,(H,15,16). The maximum atomic E-state index is 12.4. The van der Waals surface area contributed by atoms with E-state index in [1.807, 2.05) is 0 Å². The molecule has 2 rings (SSSR count). The van der Waals surface area contributed by atoms with E-state index >= 15 is 0 Å². The Morgan fingerprint density at radius 3 is 2.44 bits per heavy atom. The van der Waals surface area contributed by atoms with Crippen LogP contribution in [0.15, 0.2) is 18.5 Å². The molecule has 2 aromatic rings. The van der Waals surface area contributed by atoms with Gasteiger partial charge in [0.25, 0.3) is 0 Å². The fourth-order valence-electron chi connectivity index (χ4n) is 1.20. The van der Waals surface area contributed by atoms with Crippen molar-refractivity contribution in [3.05, 3.63) is 29.8 Å². The van der Waals surface area contributed by atoms with E-state index in [1.54, 1.807) is 13.0 Å². The third-order valence-electron chi connectivity index (χ3n) is 1.93. The normalized spacial score (nSPS) is 11.8. The van der Waals surface area contributed by atoms with Crippen LogP contribution in [0.25, 0.3) is 11.4 Å². The summed E-state index contributed by atoms with van der Waals surface area (Å²) in [6.45, 7) is 1.75. The molecule has 0 unspecified atom stereocenters. The first-order valence-electron chi connectivity index (χ1n) is 4.38. The summed E-state index contributed by atoms with van der Waals surface area (Å²) in [5.41, 5.74) is 0.289. The van der Waals surface area contributed by atoms with Gasteiger partial charge in [-0.15, -0.1) is 0 Å². The van der Waals surface area contributed by atoms with Gasteiger partial charge in [0.2, 0.25) is 0 Å². The lowest BCUT2D eigenvalue weighted by molar-refractivity contribution is -0.141. The van der Waals surface area contributed by atoms with Crippen molar-refractivity contribution in [1.82, 2.24) is 20.2 Å². The molecular weight excluding hydrogens is 221 g/mol. The van der Waals surface area contributed by atoms with Crippen LogP contribution >= 0.6 is 0 Å². The highest BCUT2D eigenvalue weighted by molar-refractivity contribution is 5.54. The van der Waals surface area contributed by atoms with Gasteiger partial charge in [0.15, 0.2) is 0 Å². The largest absolute Gasteiger partial charge is 0.433 e. The van der Waals surface area contributed by atoms with Crippen LogP contribution in [0.2, 0.25) is 0 Å². The number of hydrogen-bond donors (Lipinski definition) is 1. The van der Waals surface area contributed by atoms with Crippen LogP contribution in [-0.4, -0.2) is 20.2 Å². The minimum atomic E-state index is -4.47. The van der Waals surface area contributed by atoms with Crippen LogP contribution in [0.1, 0.15) is 11.4 Å². The number of aromatic nitrogens is 4. The third kappa shape index (κ3) is 2.02. The van der Waals surface area contributed by atoms with Crippen molar-refractivity contribution >= 4 is 0 Å². The van der Waals surface area contributed by atoms with Crippen molar-refractivity contribution in [2.24, 2.45) is 0 Å². The van der Waals surface area contributed by atoms with E-state index in [9.17, 15) is 13.2 Å². The van der Waals surface area contributed by atoms with E-state index in [-0.39, 0.29) is 5.69 Å². The van der Waals surface area contributed by atoms with E-state index in [0.29, 0.717) is 5.69 Å². The molecule has 0 aliphatic rings. The van der Waals surface area contributed by atoms with E-state index in [2.05, 4.69) is 20.2 Å². The number of aromatic amines is 1. The lowest BCUT2D eigenvalue weighted by Crippen LogP contribution is -2.08. The molecule has 1 N–H and O–H groups in total. The first-order chi connectivity index (χ1) is 7.47. The van der Waals surface area contributed by atoms with E-state index in [0.717, 1.165) is 18.1 Å². The molecule has 0 radical (unpaired) electrons. The SMILES string of the molecule is Cc1cc(-c2cc(C(F)(F)F)ncn2)n[nH]1. The van der Waals surface area contributed by atoms with Crippen molar-refractivity contribution in [1.29, 1.82) is 0 Å². The van der Waals surface area contributed by atoms with Gasteiger partial charge in [-0.1, -0.05) is 0 Å². The molecule has 0 bridgehead atoms. The quantitative estimate of drug-likeness (QED) is 0.813. The van der Waals surface area contributed by atoms with Crippen LogP contribution in [0, 0.1) is 6.92 Å². The van der Waals surface area contributed by atoms with Gasteiger partial charge in [0.05, 0.1) is 5.69 Å². The maximum absolute atomic E-state index is 12.4. The Hall–Kier alpha value is -1.92. The van der Waals surface area contributed by atoms with Gasteiger partial charge in [-0.25, -0.2) is 9.97 Å². The van der Waals surface area contributed by atoms with Gasteiger partial charge >= 0.3 is 6.18 Å². The van der Waals surface area contributed by atoms with Crippen molar-refractivity contribution in [2.75, 3.05) is 0 Å². The number of alkyl halides is 3. The number of hydrogen-bond acceptors (Lipinski definition) is 3. The second kappa shape index (κ2) is 3.58. The molecule has 0 fully saturated rings. The van der Waals surface area contributed by atoms with Crippen molar-refractivity contribution in [3.8, 4) is 11.4 Å². The smallest absolute Gasteiger partial charge is 0.282 e. The summed E-state index contributed by atoms with van der Waals surface area (Å²) in [5, 5.41) is 6.46. The fourth-order valence-corrected chi connectivity index (χ4v) is 1.20. The summed E-state index contributed by atoms with van der Waals surface area (Å²) < 4.78 is 37.1. The second-order valence-electron chi connectivity index (χ2n) is 3.22. The predicted molar refractivity (Wildman–Crippen MR) is 49.4 cm³/mol. The molecule has 0 saturated carbocycles. The summed E-state index contributed by atoms with van der Waals surface area (Å²) >= 11 is 0. The fraction of sp³-hybridized carbons (Fsp3) is 0.222. The zero-order valence-corrected chi connectivity index (χ0v) is 8.21. The summed E-state index contributed by atoms with van der Waals surface area (Å²) in [6, 6.07) is 2.48. The maximum Gasteiger partial charge on any atom is 0.433 e. The van der Waals surface area contributed by atoms with Gasteiger partial charge in [0, 0.05) is 5.69 Å². The lowest BCUT2D eigenvalue weighted by atomic mass is 10.2. The molecule has 0 atom stereocenters. The Morgan fingerprint density at radius 2 is 1.88 bits per heavy atom. The first kappa shape index (κ1) is 10.6. The molecule has 0 spiro atoms. The number of nitrogens with one attached hydrogen (secondary N) is 1. The molecule has 0 aliphatic carbocycles. The van der Waals surface area contributed by atoms with Crippen LogP contribution in [-0.2, 0) is 6.18 Å². The monoisotopic (exact) mass is 228 g/mol. The molecular formula is C9H7F3N4. The van der Waals surface area contributed by atoms with Gasteiger partial charge in [-0.3, -0.25) is 5.10 Å². The average Bonchev–Trinajstić information content (AvgIpc) is 2.64. The van der Waals surface area contributed by atoms with Gasteiger partial charge in [-0.2, -0.15) is 18.3 Å². The van der Waals surface area contributed by atoms with Crippen LogP contribution in [0.4, 0.5) is 13.2 Å². The Labute approximate surface area is 88.6 Å². The zero-order chi connectivity index (χ0) is 11.8. The van der Waals surface area contributed by atoms with E-state index in [1.165, 1.54) is 0 Å². The molecule has 84 valence electrons. The summed E-state index contributed by atoms with van der Waals surface area (Å²) in [7, 11) is 0. The second-order valence-corrected chi connectivity index (χ2v) is 3.22. The van der Waals surface area contributed by atoms with Crippen molar-refractivity contribution < 1.29 is 13.2 Å². The Bertz CT molecular complexity index is 503. The zero-order valence-electron chi connectivity index (χ0n) is 8.21. The number of aryl methyl sites for hydroxylation is 1. The molecule has 16 heavy (non-hydrogen) atoms. The number of halogens is 3. The van der Waals surface area contributed by atoms with Crippen LogP contribution < -0.4 is 0 Å². The highest BCUT2D eigenvalue weighted by Gasteiger charge is 2.32. The van der Waals surface area contributed by atoms with Crippen LogP contribution in [0.3, 0.4) is 0 Å². The van der Waals surface area contributed by atoms with Gasteiger partial charge in [0.1, 0.15) is 17.7 Å². The molecule has 7 heteroatoms. The minimum absolute atomic E-state index is 0.145. The minimum Gasteiger partial charge on any atom is -0.282 e. The predicted octanol–water partition coefficient (Wildman–Crippen LogP) is 2.19. The van der Waals surface area contributed by atoms with E-state index < -0.39 is 11.9 Å².